The molecule has 24 heavy (non-hydrogen) atoms. The molecule has 9 heteroatoms. The number of phosphoric ester groups is 1. The summed E-state index contributed by atoms with van der Waals surface area (Å²) < 4.78 is 29.9. The minimum Gasteiger partial charge on any atom is -0.302 e. The molecular weight excluding hydrogens is 354 g/mol. The second-order valence-corrected chi connectivity index (χ2v) is 9.09. The van der Waals surface area contributed by atoms with E-state index < -0.39 is 15.6 Å². The van der Waals surface area contributed by atoms with Crippen LogP contribution in [0.25, 0.3) is 0 Å². The van der Waals surface area contributed by atoms with Crippen molar-refractivity contribution in [1.29, 1.82) is 0 Å². The summed E-state index contributed by atoms with van der Waals surface area (Å²) >= 11 is 0. The summed E-state index contributed by atoms with van der Waals surface area (Å²) in [6, 6.07) is 0. The van der Waals surface area contributed by atoms with Crippen LogP contribution >= 0.6 is 15.6 Å². The first kappa shape index (κ1) is 23.7. The first-order valence-corrected chi connectivity index (χ1v) is 11.0. The summed E-state index contributed by atoms with van der Waals surface area (Å²) in [5, 5.41) is 0. The van der Waals surface area contributed by atoms with Crippen LogP contribution < -0.4 is 0 Å². The van der Waals surface area contributed by atoms with Gasteiger partial charge in [0.05, 0.1) is 6.61 Å². The molecule has 0 radical (unpaired) electrons. The summed E-state index contributed by atoms with van der Waals surface area (Å²) in [6.07, 6.45) is 8.93. The highest BCUT2D eigenvalue weighted by Gasteiger charge is 2.31. The third-order valence-electron chi connectivity index (χ3n) is 3.26. The van der Waals surface area contributed by atoms with Crippen molar-refractivity contribution in [3.05, 3.63) is 23.3 Å². The molecule has 1 atom stereocenters. The van der Waals surface area contributed by atoms with Crippen molar-refractivity contribution >= 4 is 15.6 Å². The highest BCUT2D eigenvalue weighted by molar-refractivity contribution is 7.60. The van der Waals surface area contributed by atoms with E-state index in [9.17, 15) is 9.13 Å². The average molecular weight is 384 g/mol. The van der Waals surface area contributed by atoms with Crippen LogP contribution in [0.4, 0.5) is 0 Å². The Morgan fingerprint density at radius 2 is 1.62 bits per heavy atom. The molecule has 0 aliphatic rings. The van der Waals surface area contributed by atoms with Crippen molar-refractivity contribution in [3.63, 3.8) is 0 Å². The van der Waals surface area contributed by atoms with Crippen molar-refractivity contribution in [2.75, 3.05) is 6.61 Å². The molecule has 0 saturated carbocycles. The van der Waals surface area contributed by atoms with E-state index in [-0.39, 0.29) is 6.61 Å². The molecule has 0 saturated heterocycles. The van der Waals surface area contributed by atoms with Gasteiger partial charge in [-0.25, -0.2) is 9.13 Å². The highest BCUT2D eigenvalue weighted by atomic mass is 31.3. The first-order valence-electron chi connectivity index (χ1n) is 7.97. The molecule has 1 unspecified atom stereocenters. The van der Waals surface area contributed by atoms with E-state index in [0.29, 0.717) is 0 Å². The summed E-state index contributed by atoms with van der Waals surface area (Å²) in [5.74, 6) is 0.722. The molecule has 0 bridgehead atoms. The molecule has 0 amide bonds. The van der Waals surface area contributed by atoms with E-state index in [0.717, 1.165) is 30.8 Å². The van der Waals surface area contributed by atoms with Crippen LogP contribution in [0, 0.1) is 5.92 Å². The number of phosphoric acid groups is 2. The van der Waals surface area contributed by atoms with E-state index in [1.807, 2.05) is 6.92 Å². The van der Waals surface area contributed by atoms with E-state index in [4.69, 9.17) is 14.7 Å². The Hall–Kier alpha value is -0.260. The lowest BCUT2D eigenvalue weighted by atomic mass is 10.0. The number of hydrogen-bond donors (Lipinski definition) is 3. The van der Waals surface area contributed by atoms with Gasteiger partial charge < -0.3 is 14.7 Å². The lowest BCUT2D eigenvalue weighted by Crippen LogP contribution is -1.94. The molecule has 0 fully saturated rings. The van der Waals surface area contributed by atoms with Crippen LogP contribution in [0.5, 0.6) is 0 Å². The smallest absolute Gasteiger partial charge is 0.302 e. The molecule has 0 spiro atoms. The number of allylic oxidation sites excluding steroid dienone is 3. The van der Waals surface area contributed by atoms with Gasteiger partial charge in [0.15, 0.2) is 0 Å². The maximum absolute atomic E-state index is 11.2. The second-order valence-electron chi connectivity index (χ2n) is 6.26. The third kappa shape index (κ3) is 15.3. The minimum atomic E-state index is -5.06. The van der Waals surface area contributed by atoms with Crippen molar-refractivity contribution in [3.8, 4) is 0 Å². The SMILES string of the molecule is C/C(=C\COP(=O)(O)OP(=O)(O)O)CC/C=C(\C)CCCC(C)C. The molecule has 0 aromatic heterocycles. The molecular formula is C15H30O7P2. The largest absolute Gasteiger partial charge is 0.481 e. The Bertz CT molecular complexity index is 520. The molecule has 142 valence electrons. The van der Waals surface area contributed by atoms with Gasteiger partial charge in [-0.1, -0.05) is 43.6 Å². The third-order valence-corrected chi connectivity index (χ3v) is 5.41. The van der Waals surface area contributed by atoms with Crippen LogP contribution in [0.1, 0.15) is 59.8 Å². The molecule has 0 aromatic rings. The van der Waals surface area contributed by atoms with Crippen molar-refractivity contribution < 1.29 is 32.6 Å². The molecule has 0 heterocycles. The van der Waals surface area contributed by atoms with Crippen LogP contribution in [0.2, 0.25) is 0 Å². The summed E-state index contributed by atoms with van der Waals surface area (Å²) in [4.78, 5) is 26.1. The van der Waals surface area contributed by atoms with Crippen LogP contribution in [-0.2, 0) is 18.0 Å². The molecule has 7 nitrogen and oxygen atoms in total. The average Bonchev–Trinajstić information content (AvgIpc) is 2.34. The molecule has 0 aromatic carbocycles. The summed E-state index contributed by atoms with van der Waals surface area (Å²) in [6.45, 7) is 8.15. The Balaban J connectivity index is 4.11. The fourth-order valence-electron chi connectivity index (χ4n) is 1.97. The van der Waals surface area contributed by atoms with Gasteiger partial charge in [-0.3, -0.25) is 4.52 Å². The van der Waals surface area contributed by atoms with Crippen LogP contribution in [0.3, 0.4) is 0 Å². The van der Waals surface area contributed by atoms with Gasteiger partial charge in [0.1, 0.15) is 0 Å². The number of rotatable bonds is 12. The van der Waals surface area contributed by atoms with Crippen LogP contribution in [0.15, 0.2) is 23.3 Å². The quantitative estimate of drug-likeness (QED) is 0.330. The first-order chi connectivity index (χ1) is 10.9. The molecule has 0 aliphatic carbocycles. The Labute approximate surface area is 144 Å². The van der Waals surface area contributed by atoms with Gasteiger partial charge >= 0.3 is 15.6 Å². The topological polar surface area (TPSA) is 113 Å². The molecule has 0 aliphatic heterocycles. The Morgan fingerprint density at radius 1 is 1.04 bits per heavy atom. The zero-order valence-electron chi connectivity index (χ0n) is 14.8. The van der Waals surface area contributed by atoms with E-state index in [1.54, 1.807) is 6.08 Å². The normalized spacial score (nSPS) is 16.5. The predicted molar refractivity (Wildman–Crippen MR) is 94.3 cm³/mol. The maximum Gasteiger partial charge on any atom is 0.481 e. The van der Waals surface area contributed by atoms with Gasteiger partial charge in [0.25, 0.3) is 0 Å². The predicted octanol–water partition coefficient (Wildman–Crippen LogP) is 4.71. The summed E-state index contributed by atoms with van der Waals surface area (Å²) in [5.41, 5.74) is 2.31. The van der Waals surface area contributed by atoms with Gasteiger partial charge in [0.2, 0.25) is 0 Å². The zero-order valence-corrected chi connectivity index (χ0v) is 16.6. The standard InChI is InChI=1S/C15H30O7P2/c1-13(2)7-5-8-14(3)9-6-10-15(4)11-12-21-24(19,20)22-23(16,17)18/h9,11,13H,5-8,10,12H2,1-4H3,(H,19,20)(H2,16,17,18)/b14-9+,15-11+. The molecule has 0 rings (SSSR count). The fourth-order valence-corrected chi connectivity index (χ4v) is 3.50. The summed E-state index contributed by atoms with van der Waals surface area (Å²) in [7, 11) is -9.81. The van der Waals surface area contributed by atoms with E-state index in [1.165, 1.54) is 18.4 Å². The molecule has 3 N–H and O–H groups in total. The van der Waals surface area contributed by atoms with Crippen molar-refractivity contribution in [2.45, 2.75) is 59.8 Å². The Kier molecular flexibility index (Phi) is 11.3. The van der Waals surface area contributed by atoms with Gasteiger partial charge in [-0.15, -0.1) is 0 Å². The zero-order chi connectivity index (χ0) is 18.8. The van der Waals surface area contributed by atoms with Crippen molar-refractivity contribution in [2.24, 2.45) is 5.92 Å². The van der Waals surface area contributed by atoms with Crippen LogP contribution in [-0.4, -0.2) is 21.3 Å². The maximum atomic E-state index is 11.2. The van der Waals surface area contributed by atoms with E-state index in [2.05, 4.69) is 35.7 Å². The lowest BCUT2D eigenvalue weighted by molar-refractivity contribution is 0.191. The Morgan fingerprint density at radius 3 is 2.17 bits per heavy atom. The lowest BCUT2D eigenvalue weighted by Gasteiger charge is -2.11. The van der Waals surface area contributed by atoms with Crippen molar-refractivity contribution in [1.82, 2.24) is 0 Å². The number of hydrogen-bond acceptors (Lipinski definition) is 4. The van der Waals surface area contributed by atoms with Gasteiger partial charge in [-0.2, -0.15) is 4.31 Å². The fraction of sp³-hybridized carbons (Fsp3) is 0.733. The van der Waals surface area contributed by atoms with Gasteiger partial charge in [0, 0.05) is 0 Å². The van der Waals surface area contributed by atoms with Gasteiger partial charge in [-0.05, 0) is 45.4 Å². The monoisotopic (exact) mass is 384 g/mol. The minimum absolute atomic E-state index is 0.253. The van der Waals surface area contributed by atoms with E-state index >= 15 is 0 Å². The second kappa shape index (κ2) is 11.4. The highest BCUT2D eigenvalue weighted by Crippen LogP contribution is 2.57.